The van der Waals surface area contributed by atoms with E-state index in [1.807, 2.05) is 0 Å². The Morgan fingerprint density at radius 3 is 2.86 bits per heavy atom. The van der Waals surface area contributed by atoms with E-state index in [1.165, 1.54) is 6.20 Å². The zero-order valence-electron chi connectivity index (χ0n) is 12.4. The number of hydrogen-bond acceptors (Lipinski definition) is 5. The molecule has 1 fully saturated rings. The minimum absolute atomic E-state index is 0.0408. The number of ether oxygens (including phenoxy) is 1. The molecule has 1 aromatic heterocycles. The molecule has 0 amide bonds. The van der Waals surface area contributed by atoms with Crippen LogP contribution < -0.4 is 10.5 Å². The first-order valence-electron chi connectivity index (χ1n) is 7.25. The third-order valence-electron chi connectivity index (χ3n) is 3.90. The molecular weight excluding hydrogens is 292 g/mol. The van der Waals surface area contributed by atoms with Gasteiger partial charge in [0.1, 0.15) is 4.90 Å². The van der Waals surface area contributed by atoms with E-state index in [0.717, 1.165) is 19.3 Å². The average Bonchev–Trinajstić information content (AvgIpc) is 2.94. The average molecular weight is 316 g/mol. The van der Waals surface area contributed by atoms with Gasteiger partial charge < -0.3 is 10.5 Å². The third kappa shape index (κ3) is 4.50. The molecule has 1 saturated heterocycles. The summed E-state index contributed by atoms with van der Waals surface area (Å²) in [6.07, 6.45) is 5.43. The van der Waals surface area contributed by atoms with Crippen molar-refractivity contribution in [1.82, 2.24) is 14.5 Å². The number of nitrogens with zero attached hydrogens (tertiary/aromatic N) is 2. The van der Waals surface area contributed by atoms with E-state index in [9.17, 15) is 8.42 Å². The van der Waals surface area contributed by atoms with Gasteiger partial charge in [0.25, 0.3) is 0 Å². The summed E-state index contributed by atoms with van der Waals surface area (Å²) >= 11 is 0. The highest BCUT2D eigenvalue weighted by Crippen LogP contribution is 2.29. The Hall–Kier alpha value is -0.960. The maximum Gasteiger partial charge on any atom is 0.243 e. The zero-order chi connectivity index (χ0) is 15.3. The minimum Gasteiger partial charge on any atom is -0.381 e. The maximum atomic E-state index is 12.3. The van der Waals surface area contributed by atoms with Crippen molar-refractivity contribution in [3.63, 3.8) is 0 Å². The van der Waals surface area contributed by atoms with Crippen molar-refractivity contribution in [1.29, 1.82) is 0 Å². The fraction of sp³-hybridized carbons (Fsp3) is 0.769. The second kappa shape index (κ2) is 6.87. The normalized spacial score (nSPS) is 18.8. The lowest BCUT2D eigenvalue weighted by Gasteiger charge is -2.33. The number of rotatable bonds is 7. The number of aromatic nitrogens is 2. The molecule has 0 atom stereocenters. The largest absolute Gasteiger partial charge is 0.381 e. The standard InChI is InChI=1S/C13H24N4O3S/c1-13(3-7-20-8-4-13)11-16-21(18,19)12-9-15-17(10-12)6-2-5-14/h9-10,16H,2-8,11,14H2,1H3. The van der Waals surface area contributed by atoms with Gasteiger partial charge in [-0.25, -0.2) is 13.1 Å². The van der Waals surface area contributed by atoms with E-state index in [-0.39, 0.29) is 10.3 Å². The molecule has 21 heavy (non-hydrogen) atoms. The van der Waals surface area contributed by atoms with Crippen LogP contribution in [0, 0.1) is 5.41 Å². The fourth-order valence-corrected chi connectivity index (χ4v) is 3.40. The van der Waals surface area contributed by atoms with Gasteiger partial charge >= 0.3 is 0 Å². The summed E-state index contributed by atoms with van der Waals surface area (Å²) in [4.78, 5) is 0.204. The molecule has 1 aliphatic rings. The molecule has 0 spiro atoms. The molecule has 8 heteroatoms. The summed E-state index contributed by atoms with van der Waals surface area (Å²) in [5.41, 5.74) is 5.39. The lowest BCUT2D eigenvalue weighted by molar-refractivity contribution is 0.0265. The molecular formula is C13H24N4O3S. The lowest BCUT2D eigenvalue weighted by atomic mass is 9.83. The number of aryl methyl sites for hydroxylation is 1. The molecule has 0 aromatic carbocycles. The zero-order valence-corrected chi connectivity index (χ0v) is 13.2. The van der Waals surface area contributed by atoms with Crippen LogP contribution in [0.5, 0.6) is 0 Å². The van der Waals surface area contributed by atoms with E-state index in [2.05, 4.69) is 16.7 Å². The van der Waals surface area contributed by atoms with Crippen molar-refractivity contribution in [2.24, 2.45) is 11.1 Å². The SMILES string of the molecule is CC1(CNS(=O)(=O)c2cnn(CCCN)c2)CCOCC1. The molecule has 0 saturated carbocycles. The Bertz CT molecular complexity index is 550. The van der Waals surface area contributed by atoms with E-state index in [4.69, 9.17) is 10.5 Å². The monoisotopic (exact) mass is 316 g/mol. The summed E-state index contributed by atoms with van der Waals surface area (Å²) in [5.74, 6) is 0. The van der Waals surface area contributed by atoms with E-state index >= 15 is 0 Å². The summed E-state index contributed by atoms with van der Waals surface area (Å²) in [6, 6.07) is 0. The van der Waals surface area contributed by atoms with Crippen LogP contribution in [0.2, 0.25) is 0 Å². The molecule has 3 N–H and O–H groups in total. The van der Waals surface area contributed by atoms with Gasteiger partial charge in [-0.1, -0.05) is 6.92 Å². The first kappa shape index (κ1) is 16.4. The number of nitrogens with one attached hydrogen (secondary N) is 1. The van der Waals surface area contributed by atoms with Crippen LogP contribution in [0.3, 0.4) is 0 Å². The molecule has 1 aliphatic heterocycles. The Morgan fingerprint density at radius 2 is 2.19 bits per heavy atom. The van der Waals surface area contributed by atoms with E-state index < -0.39 is 10.0 Å². The van der Waals surface area contributed by atoms with Crippen molar-refractivity contribution < 1.29 is 13.2 Å². The summed E-state index contributed by atoms with van der Waals surface area (Å²) < 4.78 is 34.2. The molecule has 0 radical (unpaired) electrons. The highest BCUT2D eigenvalue weighted by molar-refractivity contribution is 7.89. The van der Waals surface area contributed by atoms with Crippen molar-refractivity contribution in [3.05, 3.63) is 12.4 Å². The number of sulfonamides is 1. The lowest BCUT2D eigenvalue weighted by Crippen LogP contribution is -2.39. The van der Waals surface area contributed by atoms with Crippen LogP contribution in [-0.2, 0) is 21.3 Å². The number of nitrogens with two attached hydrogens (primary N) is 1. The van der Waals surface area contributed by atoms with E-state index in [1.54, 1.807) is 10.9 Å². The maximum absolute atomic E-state index is 12.3. The second-order valence-corrected chi connectivity index (χ2v) is 7.60. The minimum atomic E-state index is -3.51. The topological polar surface area (TPSA) is 99.2 Å². The van der Waals surface area contributed by atoms with Crippen LogP contribution in [0.1, 0.15) is 26.2 Å². The summed E-state index contributed by atoms with van der Waals surface area (Å²) in [6.45, 7) is 5.07. The predicted molar refractivity (Wildman–Crippen MR) is 79.2 cm³/mol. The molecule has 7 nitrogen and oxygen atoms in total. The summed E-state index contributed by atoms with van der Waals surface area (Å²) in [5, 5.41) is 4.05. The van der Waals surface area contributed by atoms with Gasteiger partial charge in [-0.15, -0.1) is 0 Å². The van der Waals surface area contributed by atoms with Crippen LogP contribution >= 0.6 is 0 Å². The van der Waals surface area contributed by atoms with Gasteiger partial charge in [0.15, 0.2) is 0 Å². The van der Waals surface area contributed by atoms with Gasteiger partial charge in [0.05, 0.1) is 6.20 Å². The van der Waals surface area contributed by atoms with Crippen LogP contribution in [0.15, 0.2) is 17.3 Å². The first-order valence-corrected chi connectivity index (χ1v) is 8.73. The van der Waals surface area contributed by atoms with Crippen molar-refractivity contribution in [3.8, 4) is 0 Å². The molecule has 2 heterocycles. The highest BCUT2D eigenvalue weighted by Gasteiger charge is 2.29. The Kier molecular flexibility index (Phi) is 5.37. The van der Waals surface area contributed by atoms with Crippen molar-refractivity contribution in [2.75, 3.05) is 26.3 Å². The van der Waals surface area contributed by atoms with Crippen molar-refractivity contribution >= 4 is 10.0 Å². The molecule has 0 unspecified atom stereocenters. The predicted octanol–water partition coefficient (Wildman–Crippen LogP) is 0.327. The third-order valence-corrected chi connectivity index (χ3v) is 5.26. The highest BCUT2D eigenvalue weighted by atomic mass is 32.2. The fourth-order valence-electron chi connectivity index (χ4n) is 2.25. The van der Waals surface area contributed by atoms with Gasteiger partial charge in [-0.05, 0) is 31.2 Å². The van der Waals surface area contributed by atoms with E-state index in [0.29, 0.717) is 32.8 Å². The molecule has 2 rings (SSSR count). The first-order chi connectivity index (χ1) is 9.95. The smallest absolute Gasteiger partial charge is 0.243 e. The second-order valence-electron chi connectivity index (χ2n) is 5.83. The molecule has 0 aliphatic carbocycles. The van der Waals surface area contributed by atoms with Gasteiger partial charge in [-0.2, -0.15) is 5.10 Å². The Labute approximate surface area is 125 Å². The van der Waals surface area contributed by atoms with Gasteiger partial charge in [0.2, 0.25) is 10.0 Å². The van der Waals surface area contributed by atoms with Crippen LogP contribution in [0.25, 0.3) is 0 Å². The number of hydrogen-bond donors (Lipinski definition) is 2. The quantitative estimate of drug-likeness (QED) is 0.755. The Balaban J connectivity index is 1.96. The molecule has 1 aromatic rings. The van der Waals surface area contributed by atoms with Crippen LogP contribution in [0.4, 0.5) is 0 Å². The molecule has 120 valence electrons. The van der Waals surface area contributed by atoms with Gasteiger partial charge in [-0.3, -0.25) is 4.68 Å². The Morgan fingerprint density at radius 1 is 1.48 bits per heavy atom. The van der Waals surface area contributed by atoms with Gasteiger partial charge in [0, 0.05) is 32.5 Å². The van der Waals surface area contributed by atoms with Crippen molar-refractivity contribution in [2.45, 2.75) is 37.6 Å². The summed E-state index contributed by atoms with van der Waals surface area (Å²) in [7, 11) is -3.51. The molecule has 0 bridgehead atoms. The van der Waals surface area contributed by atoms with Crippen LogP contribution in [-0.4, -0.2) is 44.5 Å².